The van der Waals surface area contributed by atoms with E-state index >= 15 is 0 Å². The van der Waals surface area contributed by atoms with Gasteiger partial charge in [0.05, 0.1) is 7.11 Å². The zero-order valence-corrected chi connectivity index (χ0v) is 14.0. The van der Waals surface area contributed by atoms with Crippen LogP contribution in [0.25, 0.3) is 0 Å². The number of sulfonamides is 1. The molecule has 0 aliphatic rings. The summed E-state index contributed by atoms with van der Waals surface area (Å²) in [4.78, 5) is 0.217. The fourth-order valence-electron chi connectivity index (χ4n) is 2.08. The van der Waals surface area contributed by atoms with Crippen molar-refractivity contribution >= 4 is 10.0 Å². The van der Waals surface area contributed by atoms with E-state index in [0.717, 1.165) is 17.5 Å². The van der Waals surface area contributed by atoms with Gasteiger partial charge in [0.1, 0.15) is 10.6 Å². The van der Waals surface area contributed by atoms with Gasteiger partial charge in [-0.15, -0.1) is 0 Å². The Labute approximate surface area is 122 Å². The van der Waals surface area contributed by atoms with E-state index in [-0.39, 0.29) is 16.9 Å². The van der Waals surface area contributed by atoms with Crippen molar-refractivity contribution in [3.05, 3.63) is 23.3 Å². The summed E-state index contributed by atoms with van der Waals surface area (Å²) in [6.07, 6.45) is 0.741. The Bertz CT molecular complexity index is 565. The van der Waals surface area contributed by atoms with Crippen molar-refractivity contribution in [2.75, 3.05) is 7.11 Å². The van der Waals surface area contributed by atoms with Crippen molar-refractivity contribution < 1.29 is 13.2 Å². The highest BCUT2D eigenvalue weighted by Crippen LogP contribution is 2.31. The first-order valence-electron chi connectivity index (χ1n) is 6.93. The number of hydrogen-bond donors (Lipinski definition) is 1. The van der Waals surface area contributed by atoms with E-state index in [9.17, 15) is 8.42 Å². The quantitative estimate of drug-likeness (QED) is 0.877. The van der Waals surface area contributed by atoms with Crippen molar-refractivity contribution in [3.63, 3.8) is 0 Å². The SMILES string of the molecule is CC[C@H](C)NS(=O)(=O)c1cc(C(C)C)c(C)cc1OC. The average molecular weight is 299 g/mol. The van der Waals surface area contributed by atoms with Crippen molar-refractivity contribution in [1.82, 2.24) is 4.72 Å². The van der Waals surface area contributed by atoms with Gasteiger partial charge in [0, 0.05) is 6.04 Å². The lowest BCUT2D eigenvalue weighted by atomic mass is 9.98. The minimum atomic E-state index is -3.56. The van der Waals surface area contributed by atoms with Crippen LogP contribution in [0.5, 0.6) is 5.75 Å². The molecule has 0 radical (unpaired) electrons. The van der Waals surface area contributed by atoms with Gasteiger partial charge in [-0.2, -0.15) is 0 Å². The molecule has 4 nitrogen and oxygen atoms in total. The number of ether oxygens (including phenoxy) is 1. The van der Waals surface area contributed by atoms with Gasteiger partial charge in [-0.05, 0) is 49.4 Å². The summed E-state index contributed by atoms with van der Waals surface area (Å²) in [5, 5.41) is 0. The molecule has 0 spiro atoms. The average Bonchev–Trinajstić information content (AvgIpc) is 2.36. The highest BCUT2D eigenvalue weighted by atomic mass is 32.2. The monoisotopic (exact) mass is 299 g/mol. The second kappa shape index (κ2) is 6.59. The molecule has 0 fully saturated rings. The van der Waals surface area contributed by atoms with Crippen molar-refractivity contribution in [3.8, 4) is 5.75 Å². The van der Waals surface area contributed by atoms with E-state index in [0.29, 0.717) is 5.75 Å². The number of benzene rings is 1. The van der Waals surface area contributed by atoms with E-state index in [4.69, 9.17) is 4.74 Å². The van der Waals surface area contributed by atoms with Gasteiger partial charge in [-0.3, -0.25) is 0 Å². The molecule has 0 saturated carbocycles. The van der Waals surface area contributed by atoms with Crippen LogP contribution < -0.4 is 9.46 Å². The molecule has 0 unspecified atom stereocenters. The predicted molar refractivity (Wildman–Crippen MR) is 81.9 cm³/mol. The van der Waals surface area contributed by atoms with Crippen molar-refractivity contribution in [2.45, 2.75) is 57.9 Å². The van der Waals surface area contributed by atoms with Gasteiger partial charge in [0.25, 0.3) is 0 Å². The van der Waals surface area contributed by atoms with Gasteiger partial charge in [0.15, 0.2) is 0 Å². The van der Waals surface area contributed by atoms with Crippen LogP contribution in [0.4, 0.5) is 0 Å². The zero-order valence-electron chi connectivity index (χ0n) is 13.1. The highest BCUT2D eigenvalue weighted by molar-refractivity contribution is 7.89. The Morgan fingerprint density at radius 2 is 1.85 bits per heavy atom. The topological polar surface area (TPSA) is 55.4 Å². The van der Waals surface area contributed by atoms with Gasteiger partial charge >= 0.3 is 0 Å². The summed E-state index contributed by atoms with van der Waals surface area (Å²) in [6.45, 7) is 9.86. The number of methoxy groups -OCH3 is 1. The molecule has 1 atom stereocenters. The molecule has 0 heterocycles. The molecular weight excluding hydrogens is 274 g/mol. The van der Waals surface area contributed by atoms with Crippen LogP contribution >= 0.6 is 0 Å². The van der Waals surface area contributed by atoms with Crippen LogP contribution in [0.2, 0.25) is 0 Å². The molecule has 114 valence electrons. The normalized spacial score (nSPS) is 13.6. The minimum Gasteiger partial charge on any atom is -0.495 e. The minimum absolute atomic E-state index is 0.103. The number of rotatable bonds is 6. The van der Waals surface area contributed by atoms with Gasteiger partial charge in [-0.1, -0.05) is 20.8 Å². The molecule has 0 aliphatic heterocycles. The molecular formula is C15H25NO3S. The van der Waals surface area contributed by atoms with E-state index in [1.807, 2.05) is 34.6 Å². The molecule has 1 rings (SSSR count). The highest BCUT2D eigenvalue weighted by Gasteiger charge is 2.23. The summed E-state index contributed by atoms with van der Waals surface area (Å²) >= 11 is 0. The summed E-state index contributed by atoms with van der Waals surface area (Å²) in [7, 11) is -2.07. The summed E-state index contributed by atoms with van der Waals surface area (Å²) in [6, 6.07) is 3.41. The van der Waals surface area contributed by atoms with Crippen LogP contribution in [0.1, 0.15) is 51.2 Å². The Hall–Kier alpha value is -1.07. The van der Waals surface area contributed by atoms with Crippen molar-refractivity contribution in [2.24, 2.45) is 0 Å². The van der Waals surface area contributed by atoms with Crippen LogP contribution in [0.15, 0.2) is 17.0 Å². The first-order chi connectivity index (χ1) is 9.22. The molecule has 0 amide bonds. The standard InChI is InChI=1S/C15H25NO3S/c1-7-12(5)16-20(17,18)15-9-13(10(2)3)11(4)8-14(15)19-6/h8-10,12,16H,7H2,1-6H3/t12-/m0/s1. The molecule has 1 aromatic rings. The van der Waals surface area contributed by atoms with E-state index < -0.39 is 10.0 Å². The van der Waals surface area contributed by atoms with E-state index in [2.05, 4.69) is 4.72 Å². The fourth-order valence-corrected chi connectivity index (χ4v) is 3.59. The summed E-state index contributed by atoms with van der Waals surface area (Å²) < 4.78 is 32.9. The lowest BCUT2D eigenvalue weighted by Gasteiger charge is -2.18. The lowest BCUT2D eigenvalue weighted by molar-refractivity contribution is 0.401. The molecule has 20 heavy (non-hydrogen) atoms. The van der Waals surface area contributed by atoms with Crippen LogP contribution in [0, 0.1) is 6.92 Å². The van der Waals surface area contributed by atoms with Crippen molar-refractivity contribution in [1.29, 1.82) is 0 Å². The first-order valence-corrected chi connectivity index (χ1v) is 8.42. The third-order valence-electron chi connectivity index (χ3n) is 3.43. The number of nitrogens with one attached hydrogen (secondary N) is 1. The molecule has 0 aliphatic carbocycles. The van der Waals surface area contributed by atoms with Crippen LogP contribution in [-0.2, 0) is 10.0 Å². The van der Waals surface area contributed by atoms with Gasteiger partial charge in [-0.25, -0.2) is 13.1 Å². The van der Waals surface area contributed by atoms with E-state index in [1.54, 1.807) is 12.1 Å². The third kappa shape index (κ3) is 3.73. The molecule has 0 saturated heterocycles. The molecule has 1 N–H and O–H groups in total. The van der Waals surface area contributed by atoms with Gasteiger partial charge < -0.3 is 4.74 Å². The molecule has 0 aromatic heterocycles. The van der Waals surface area contributed by atoms with Gasteiger partial charge in [0.2, 0.25) is 10.0 Å². The number of hydrogen-bond acceptors (Lipinski definition) is 3. The maximum Gasteiger partial charge on any atom is 0.244 e. The van der Waals surface area contributed by atoms with Crippen LogP contribution in [0.3, 0.4) is 0 Å². The Balaban J connectivity index is 3.38. The second-order valence-corrected chi connectivity index (χ2v) is 7.13. The van der Waals surface area contributed by atoms with E-state index in [1.165, 1.54) is 7.11 Å². The largest absolute Gasteiger partial charge is 0.495 e. The fraction of sp³-hybridized carbons (Fsp3) is 0.600. The summed E-state index contributed by atoms with van der Waals surface area (Å²) in [5.41, 5.74) is 2.06. The first kappa shape index (κ1) is 17.0. The lowest BCUT2D eigenvalue weighted by Crippen LogP contribution is -2.32. The maximum atomic E-state index is 12.5. The molecule has 1 aromatic carbocycles. The smallest absolute Gasteiger partial charge is 0.244 e. The molecule has 0 bridgehead atoms. The summed E-state index contributed by atoms with van der Waals surface area (Å²) in [5.74, 6) is 0.654. The third-order valence-corrected chi connectivity index (χ3v) is 5.04. The second-order valence-electron chi connectivity index (χ2n) is 5.44. The van der Waals surface area contributed by atoms with Crippen LogP contribution in [-0.4, -0.2) is 21.6 Å². The number of aryl methyl sites for hydroxylation is 1. The molecule has 5 heteroatoms. The maximum absolute atomic E-state index is 12.5. The zero-order chi connectivity index (χ0) is 15.5. The Morgan fingerprint density at radius 3 is 2.30 bits per heavy atom. The predicted octanol–water partition coefficient (Wildman–Crippen LogP) is 3.20. The Morgan fingerprint density at radius 1 is 1.25 bits per heavy atom. The Kier molecular flexibility index (Phi) is 5.59.